The Morgan fingerprint density at radius 2 is 2.18 bits per heavy atom. The highest BCUT2D eigenvalue weighted by atomic mass is 32.2. The average molecular weight is 172 g/mol. The summed E-state index contributed by atoms with van der Waals surface area (Å²) in [5, 5.41) is 0.517. The Bertz CT molecular complexity index is 140. The van der Waals surface area contributed by atoms with E-state index in [0.29, 0.717) is 5.25 Å². The molecule has 0 aromatic rings. The lowest BCUT2D eigenvalue weighted by Crippen LogP contribution is -1.97. The normalized spacial score (nSPS) is 13.7. The first-order chi connectivity index (χ1) is 5.20. The monoisotopic (exact) mass is 172 g/mol. The zero-order valence-corrected chi connectivity index (χ0v) is 8.28. The summed E-state index contributed by atoms with van der Waals surface area (Å²) in [7, 11) is 0. The van der Waals surface area contributed by atoms with Crippen molar-refractivity contribution in [2.45, 2.75) is 32.4 Å². The molecule has 1 unspecified atom stereocenters. The molecule has 0 aromatic heterocycles. The topological polar surface area (TPSA) is 17.1 Å². The number of ketones is 1. The van der Waals surface area contributed by atoms with Gasteiger partial charge < -0.3 is 0 Å². The Balaban J connectivity index is 3.76. The van der Waals surface area contributed by atoms with Crippen molar-refractivity contribution in [1.29, 1.82) is 0 Å². The maximum atomic E-state index is 10.6. The molecule has 0 saturated carbocycles. The van der Waals surface area contributed by atoms with Crippen molar-refractivity contribution in [1.82, 2.24) is 0 Å². The van der Waals surface area contributed by atoms with E-state index in [9.17, 15) is 4.79 Å². The lowest BCUT2D eigenvalue weighted by molar-refractivity contribution is -0.112. The average Bonchev–Trinajstić information content (AvgIpc) is 1.97. The summed E-state index contributed by atoms with van der Waals surface area (Å²) in [6, 6.07) is 0. The minimum absolute atomic E-state index is 0.139. The van der Waals surface area contributed by atoms with Crippen LogP contribution in [0.5, 0.6) is 0 Å². The molecule has 0 fully saturated rings. The summed E-state index contributed by atoms with van der Waals surface area (Å²) in [5.41, 5.74) is 0. The van der Waals surface area contributed by atoms with Gasteiger partial charge in [0, 0.05) is 5.25 Å². The van der Waals surface area contributed by atoms with Gasteiger partial charge in [0.25, 0.3) is 0 Å². The van der Waals surface area contributed by atoms with Gasteiger partial charge >= 0.3 is 0 Å². The summed E-state index contributed by atoms with van der Waals surface area (Å²) in [6.45, 7) is 5.85. The molecule has 0 bridgehead atoms. The van der Waals surface area contributed by atoms with E-state index in [1.54, 1.807) is 13.0 Å². The largest absolute Gasteiger partial charge is 0.295 e. The number of carbonyl (C=O) groups excluding carboxylic acids is 1. The minimum atomic E-state index is 0.139. The van der Waals surface area contributed by atoms with E-state index in [1.165, 1.54) is 0 Å². The third kappa shape index (κ3) is 6.17. The lowest BCUT2D eigenvalue weighted by Gasteiger charge is -2.05. The first-order valence-electron chi connectivity index (χ1n) is 4.01. The van der Waals surface area contributed by atoms with Crippen molar-refractivity contribution in [3.8, 4) is 0 Å². The van der Waals surface area contributed by atoms with Crippen molar-refractivity contribution in [3.63, 3.8) is 0 Å². The van der Waals surface area contributed by atoms with Crippen LogP contribution in [0.15, 0.2) is 12.2 Å². The fraction of sp³-hybridized carbons (Fsp3) is 0.667. The SMILES string of the molecule is CCSC(/C=C/C(C)=O)CC. The summed E-state index contributed by atoms with van der Waals surface area (Å²) < 4.78 is 0. The van der Waals surface area contributed by atoms with E-state index in [2.05, 4.69) is 13.8 Å². The zero-order valence-electron chi connectivity index (χ0n) is 7.46. The van der Waals surface area contributed by atoms with Crippen LogP contribution in [-0.2, 0) is 4.79 Å². The molecule has 0 spiro atoms. The number of carbonyl (C=O) groups is 1. The summed E-state index contributed by atoms with van der Waals surface area (Å²) in [5.74, 6) is 1.25. The fourth-order valence-electron chi connectivity index (χ4n) is 0.766. The molecule has 0 heterocycles. The van der Waals surface area contributed by atoms with Crippen LogP contribution in [-0.4, -0.2) is 16.8 Å². The maximum absolute atomic E-state index is 10.6. The maximum Gasteiger partial charge on any atom is 0.152 e. The van der Waals surface area contributed by atoms with E-state index in [0.717, 1.165) is 12.2 Å². The van der Waals surface area contributed by atoms with Gasteiger partial charge in [-0.15, -0.1) is 0 Å². The smallest absolute Gasteiger partial charge is 0.152 e. The second kappa shape index (κ2) is 6.47. The van der Waals surface area contributed by atoms with Crippen molar-refractivity contribution in [2.75, 3.05) is 5.75 Å². The molecule has 0 aromatic carbocycles. The van der Waals surface area contributed by atoms with E-state index in [-0.39, 0.29) is 5.78 Å². The van der Waals surface area contributed by atoms with E-state index < -0.39 is 0 Å². The van der Waals surface area contributed by atoms with Crippen LogP contribution in [0.25, 0.3) is 0 Å². The van der Waals surface area contributed by atoms with Gasteiger partial charge in [-0.25, -0.2) is 0 Å². The number of hydrogen-bond acceptors (Lipinski definition) is 2. The van der Waals surface area contributed by atoms with Gasteiger partial charge in [-0.1, -0.05) is 19.9 Å². The predicted molar refractivity (Wildman–Crippen MR) is 52.0 cm³/mol. The molecule has 0 aliphatic rings. The summed E-state index contributed by atoms with van der Waals surface area (Å²) in [6.07, 6.45) is 4.76. The Kier molecular flexibility index (Phi) is 6.33. The van der Waals surface area contributed by atoms with Crippen molar-refractivity contribution in [3.05, 3.63) is 12.2 Å². The Morgan fingerprint density at radius 1 is 1.55 bits per heavy atom. The highest BCUT2D eigenvalue weighted by molar-refractivity contribution is 8.00. The van der Waals surface area contributed by atoms with Crippen molar-refractivity contribution < 1.29 is 4.79 Å². The fourth-order valence-corrected chi connectivity index (χ4v) is 1.62. The molecule has 2 heteroatoms. The molecule has 1 nitrogen and oxygen atoms in total. The van der Waals surface area contributed by atoms with Gasteiger partial charge in [-0.3, -0.25) is 4.79 Å². The molecule has 1 atom stereocenters. The highest BCUT2D eigenvalue weighted by Gasteiger charge is 1.99. The van der Waals surface area contributed by atoms with Crippen LogP contribution in [0.4, 0.5) is 0 Å². The van der Waals surface area contributed by atoms with Gasteiger partial charge in [0.15, 0.2) is 5.78 Å². The van der Waals surface area contributed by atoms with Gasteiger partial charge in [0.1, 0.15) is 0 Å². The van der Waals surface area contributed by atoms with E-state index >= 15 is 0 Å². The third-order valence-electron chi connectivity index (χ3n) is 1.33. The molecule has 0 saturated heterocycles. The van der Waals surface area contributed by atoms with Crippen LogP contribution in [0.2, 0.25) is 0 Å². The van der Waals surface area contributed by atoms with Gasteiger partial charge in [-0.05, 0) is 25.2 Å². The third-order valence-corrected chi connectivity index (χ3v) is 2.58. The van der Waals surface area contributed by atoms with Crippen LogP contribution >= 0.6 is 11.8 Å². The van der Waals surface area contributed by atoms with Gasteiger partial charge in [-0.2, -0.15) is 11.8 Å². The molecule has 11 heavy (non-hydrogen) atoms. The molecule has 64 valence electrons. The molecular formula is C9H16OS. The number of rotatable bonds is 5. The Hall–Kier alpha value is -0.240. The predicted octanol–water partition coefficient (Wildman–Crippen LogP) is 2.66. The second-order valence-corrected chi connectivity index (χ2v) is 3.89. The van der Waals surface area contributed by atoms with E-state index in [4.69, 9.17) is 0 Å². The lowest BCUT2D eigenvalue weighted by atomic mass is 10.3. The number of hydrogen-bond donors (Lipinski definition) is 0. The van der Waals surface area contributed by atoms with Crippen LogP contribution < -0.4 is 0 Å². The van der Waals surface area contributed by atoms with Crippen LogP contribution in [0, 0.1) is 0 Å². The molecule has 0 radical (unpaired) electrons. The minimum Gasteiger partial charge on any atom is -0.295 e. The highest BCUT2D eigenvalue weighted by Crippen LogP contribution is 2.14. The summed E-state index contributed by atoms with van der Waals surface area (Å²) in [4.78, 5) is 10.6. The molecule has 0 aliphatic carbocycles. The molecule has 0 amide bonds. The van der Waals surface area contributed by atoms with E-state index in [1.807, 2.05) is 17.8 Å². The quantitative estimate of drug-likeness (QED) is 0.593. The molecular weight excluding hydrogens is 156 g/mol. The second-order valence-electron chi connectivity index (χ2n) is 2.37. The summed E-state index contributed by atoms with van der Waals surface area (Å²) >= 11 is 1.88. The van der Waals surface area contributed by atoms with Crippen molar-refractivity contribution >= 4 is 17.5 Å². The molecule has 0 rings (SSSR count). The molecule has 0 N–H and O–H groups in total. The zero-order chi connectivity index (χ0) is 8.69. The van der Waals surface area contributed by atoms with Gasteiger partial charge in [0.2, 0.25) is 0 Å². The van der Waals surface area contributed by atoms with Crippen LogP contribution in [0.1, 0.15) is 27.2 Å². The Morgan fingerprint density at radius 3 is 2.55 bits per heavy atom. The van der Waals surface area contributed by atoms with Crippen LogP contribution in [0.3, 0.4) is 0 Å². The Labute approximate surface area is 73.3 Å². The standard InChI is InChI=1S/C9H16OS/c1-4-9(11-5-2)7-6-8(3)10/h6-7,9H,4-5H2,1-3H3/b7-6+. The number of allylic oxidation sites excluding steroid dienone is 1. The van der Waals surface area contributed by atoms with Crippen molar-refractivity contribution in [2.24, 2.45) is 0 Å². The van der Waals surface area contributed by atoms with Gasteiger partial charge in [0.05, 0.1) is 0 Å². The molecule has 0 aliphatic heterocycles. The first kappa shape index (κ1) is 10.8. The first-order valence-corrected chi connectivity index (χ1v) is 5.06. The number of thioether (sulfide) groups is 1.